The van der Waals surface area contributed by atoms with Crippen LogP contribution < -0.4 is 4.72 Å². The summed E-state index contributed by atoms with van der Waals surface area (Å²) in [5.41, 5.74) is 1.77. The lowest BCUT2D eigenvalue weighted by molar-refractivity contribution is -0.138. The van der Waals surface area contributed by atoms with Gasteiger partial charge in [0.05, 0.1) is 12.4 Å². The molecule has 7 heteroatoms. The van der Waals surface area contributed by atoms with E-state index in [0.29, 0.717) is 13.0 Å². The second-order valence-corrected chi connectivity index (χ2v) is 7.78. The number of carboxylic acid groups (broad SMARTS) is 1. The van der Waals surface area contributed by atoms with Crippen molar-refractivity contribution in [3.05, 3.63) is 71.8 Å². The van der Waals surface area contributed by atoms with Gasteiger partial charge in [0.15, 0.2) is 0 Å². The molecule has 0 bridgehead atoms. The summed E-state index contributed by atoms with van der Waals surface area (Å²) < 4.78 is 32.0. The molecule has 6 nitrogen and oxygen atoms in total. The van der Waals surface area contributed by atoms with Crippen molar-refractivity contribution in [2.24, 2.45) is 0 Å². The molecule has 2 aromatic carbocycles. The summed E-state index contributed by atoms with van der Waals surface area (Å²) in [6.45, 7) is 0.701. The van der Waals surface area contributed by atoms with Crippen LogP contribution in [0.2, 0.25) is 0 Å². The highest BCUT2D eigenvalue weighted by molar-refractivity contribution is 7.89. The second-order valence-electron chi connectivity index (χ2n) is 5.91. The number of ether oxygens (including phenoxy) is 1. The van der Waals surface area contributed by atoms with Gasteiger partial charge in [-0.1, -0.05) is 60.7 Å². The fraction of sp³-hybridized carbons (Fsp3) is 0.316. The molecule has 0 fully saturated rings. The Labute approximate surface area is 153 Å². The van der Waals surface area contributed by atoms with Crippen LogP contribution in [0, 0.1) is 0 Å². The van der Waals surface area contributed by atoms with Crippen LogP contribution in [-0.4, -0.2) is 37.9 Å². The van der Waals surface area contributed by atoms with E-state index in [1.165, 1.54) is 0 Å². The van der Waals surface area contributed by atoms with E-state index < -0.39 is 22.0 Å². The Balaban J connectivity index is 1.77. The Hall–Kier alpha value is -2.22. The van der Waals surface area contributed by atoms with Crippen molar-refractivity contribution in [2.75, 3.05) is 12.4 Å². The van der Waals surface area contributed by atoms with E-state index in [-0.39, 0.29) is 18.8 Å². The van der Waals surface area contributed by atoms with E-state index in [1.54, 1.807) is 24.3 Å². The van der Waals surface area contributed by atoms with Crippen molar-refractivity contribution in [2.45, 2.75) is 25.5 Å². The minimum Gasteiger partial charge on any atom is -0.480 e. The number of hydrogen-bond acceptors (Lipinski definition) is 4. The van der Waals surface area contributed by atoms with Crippen molar-refractivity contribution in [3.63, 3.8) is 0 Å². The van der Waals surface area contributed by atoms with Crippen LogP contribution in [0.4, 0.5) is 0 Å². The fourth-order valence-electron chi connectivity index (χ4n) is 2.42. The van der Waals surface area contributed by atoms with Crippen LogP contribution >= 0.6 is 0 Å². The molecular formula is C19H23NO5S. The highest BCUT2D eigenvalue weighted by atomic mass is 32.2. The van der Waals surface area contributed by atoms with E-state index in [4.69, 9.17) is 4.74 Å². The molecule has 0 saturated heterocycles. The molecule has 0 aliphatic rings. The van der Waals surface area contributed by atoms with Gasteiger partial charge in [0.1, 0.15) is 6.04 Å². The quantitative estimate of drug-likeness (QED) is 0.586. The number of rotatable bonds is 11. The summed E-state index contributed by atoms with van der Waals surface area (Å²) in [5, 5.41) is 9.28. The Morgan fingerprint density at radius 2 is 1.58 bits per heavy atom. The third-order valence-corrected chi connectivity index (χ3v) is 5.19. The van der Waals surface area contributed by atoms with Gasteiger partial charge in [0.2, 0.25) is 10.0 Å². The SMILES string of the molecule is O=C(O)[C@H](Cc1ccccc1)NS(=O)(=O)CCCOCc1ccccc1. The van der Waals surface area contributed by atoms with Crippen LogP contribution in [0.5, 0.6) is 0 Å². The molecule has 0 unspecified atom stereocenters. The topological polar surface area (TPSA) is 92.7 Å². The van der Waals surface area contributed by atoms with Gasteiger partial charge >= 0.3 is 5.97 Å². The third kappa shape index (κ3) is 7.35. The van der Waals surface area contributed by atoms with Gasteiger partial charge < -0.3 is 9.84 Å². The van der Waals surface area contributed by atoms with E-state index in [1.807, 2.05) is 36.4 Å². The summed E-state index contributed by atoms with van der Waals surface area (Å²) >= 11 is 0. The van der Waals surface area contributed by atoms with Crippen LogP contribution in [0.25, 0.3) is 0 Å². The van der Waals surface area contributed by atoms with Gasteiger partial charge in [-0.05, 0) is 24.0 Å². The first-order chi connectivity index (χ1) is 12.5. The van der Waals surface area contributed by atoms with Crippen molar-refractivity contribution in [1.29, 1.82) is 0 Å². The predicted octanol–water partition coefficient (Wildman–Crippen LogP) is 2.21. The number of sulfonamides is 1. The number of aliphatic carboxylic acids is 1. The number of carboxylic acids is 1. The molecule has 0 aliphatic carbocycles. The van der Waals surface area contributed by atoms with E-state index in [2.05, 4.69) is 4.72 Å². The van der Waals surface area contributed by atoms with Gasteiger partial charge in [-0.2, -0.15) is 0 Å². The third-order valence-electron chi connectivity index (χ3n) is 3.72. The number of carbonyl (C=O) groups is 1. The molecule has 0 heterocycles. The first kappa shape index (κ1) is 20.1. The zero-order chi connectivity index (χ0) is 18.8. The highest BCUT2D eigenvalue weighted by Crippen LogP contribution is 2.06. The molecule has 0 aromatic heterocycles. The lowest BCUT2D eigenvalue weighted by atomic mass is 10.1. The number of hydrogen-bond donors (Lipinski definition) is 2. The Morgan fingerprint density at radius 3 is 2.15 bits per heavy atom. The maximum Gasteiger partial charge on any atom is 0.322 e. The summed E-state index contributed by atoms with van der Waals surface area (Å²) in [7, 11) is -3.70. The molecular weight excluding hydrogens is 354 g/mol. The van der Waals surface area contributed by atoms with E-state index in [9.17, 15) is 18.3 Å². The maximum absolute atomic E-state index is 12.1. The van der Waals surface area contributed by atoms with Gasteiger partial charge in [-0.15, -0.1) is 0 Å². The fourth-order valence-corrected chi connectivity index (χ4v) is 3.65. The van der Waals surface area contributed by atoms with Gasteiger partial charge in [0.25, 0.3) is 0 Å². The first-order valence-corrected chi connectivity index (χ1v) is 10.00. The van der Waals surface area contributed by atoms with Crippen LogP contribution in [0.15, 0.2) is 60.7 Å². The van der Waals surface area contributed by atoms with Gasteiger partial charge in [-0.3, -0.25) is 4.79 Å². The molecule has 0 amide bonds. The van der Waals surface area contributed by atoms with Crippen LogP contribution in [0.3, 0.4) is 0 Å². The standard InChI is InChI=1S/C19H23NO5S/c21-19(22)18(14-16-8-3-1-4-9-16)20-26(23,24)13-7-12-25-15-17-10-5-2-6-11-17/h1-6,8-11,18,20H,7,12-15H2,(H,21,22)/t18-/m0/s1. The van der Waals surface area contributed by atoms with Crippen molar-refractivity contribution >= 4 is 16.0 Å². The molecule has 2 aromatic rings. The summed E-state index contributed by atoms with van der Waals surface area (Å²) in [6.07, 6.45) is 0.389. The molecule has 0 radical (unpaired) electrons. The minimum absolute atomic E-state index is 0.0971. The maximum atomic E-state index is 12.1. The van der Waals surface area contributed by atoms with Crippen molar-refractivity contribution in [3.8, 4) is 0 Å². The average Bonchev–Trinajstić information content (AvgIpc) is 2.62. The minimum atomic E-state index is -3.70. The monoisotopic (exact) mass is 377 g/mol. The summed E-state index contributed by atoms with van der Waals surface area (Å²) in [6, 6.07) is 17.3. The predicted molar refractivity (Wildman–Crippen MR) is 99.2 cm³/mol. The molecule has 1 atom stereocenters. The normalized spacial score (nSPS) is 12.6. The second kappa shape index (κ2) is 10.1. The molecule has 140 valence electrons. The molecule has 2 rings (SSSR count). The van der Waals surface area contributed by atoms with Crippen LogP contribution in [-0.2, 0) is 32.6 Å². The largest absolute Gasteiger partial charge is 0.480 e. The molecule has 0 spiro atoms. The first-order valence-electron chi connectivity index (χ1n) is 8.35. The number of nitrogens with one attached hydrogen (secondary N) is 1. The van der Waals surface area contributed by atoms with Crippen LogP contribution in [0.1, 0.15) is 17.5 Å². The van der Waals surface area contributed by atoms with Gasteiger partial charge in [-0.25, -0.2) is 13.1 Å². The average molecular weight is 377 g/mol. The Morgan fingerprint density at radius 1 is 1.00 bits per heavy atom. The smallest absolute Gasteiger partial charge is 0.322 e. The van der Waals surface area contributed by atoms with Crippen molar-refractivity contribution < 1.29 is 23.1 Å². The molecule has 26 heavy (non-hydrogen) atoms. The zero-order valence-corrected chi connectivity index (χ0v) is 15.2. The summed E-state index contributed by atoms with van der Waals surface area (Å²) in [4.78, 5) is 11.4. The molecule has 0 aliphatic heterocycles. The lowest BCUT2D eigenvalue weighted by Crippen LogP contribution is -2.43. The lowest BCUT2D eigenvalue weighted by Gasteiger charge is -2.15. The highest BCUT2D eigenvalue weighted by Gasteiger charge is 2.24. The Kier molecular flexibility index (Phi) is 7.77. The molecule has 2 N–H and O–H groups in total. The van der Waals surface area contributed by atoms with E-state index in [0.717, 1.165) is 11.1 Å². The van der Waals surface area contributed by atoms with Gasteiger partial charge in [0, 0.05) is 6.61 Å². The number of benzene rings is 2. The van der Waals surface area contributed by atoms with Crippen molar-refractivity contribution in [1.82, 2.24) is 4.72 Å². The molecule has 0 saturated carbocycles. The Bertz CT molecular complexity index is 778. The summed E-state index contributed by atoms with van der Waals surface area (Å²) in [5.74, 6) is -1.38. The zero-order valence-electron chi connectivity index (χ0n) is 14.4. The van der Waals surface area contributed by atoms with E-state index >= 15 is 0 Å².